The van der Waals surface area contributed by atoms with Crippen LogP contribution in [0.4, 0.5) is 5.69 Å². The van der Waals surface area contributed by atoms with E-state index < -0.39 is 30.2 Å². The van der Waals surface area contributed by atoms with Gasteiger partial charge in [-0.1, -0.05) is 44.9 Å². The molecule has 0 spiro atoms. The maximum absolute atomic E-state index is 12.9. The molecular weight excluding hydrogens is 374 g/mol. The zero-order valence-corrected chi connectivity index (χ0v) is 17.7. The summed E-state index contributed by atoms with van der Waals surface area (Å²) in [5.74, 6) is -2.21. The summed E-state index contributed by atoms with van der Waals surface area (Å²) < 4.78 is 16.2. The molecule has 0 N–H and O–H groups in total. The number of anilines is 1. The summed E-state index contributed by atoms with van der Waals surface area (Å²) in [7, 11) is 1.57. The van der Waals surface area contributed by atoms with Gasteiger partial charge in [-0.25, -0.2) is 9.90 Å². The summed E-state index contributed by atoms with van der Waals surface area (Å²) in [6, 6.07) is 8.85. The Morgan fingerprint density at radius 1 is 1.03 bits per heavy atom. The molecule has 7 heteroatoms. The number of carbonyl (C=O) groups is 2. The van der Waals surface area contributed by atoms with Crippen LogP contribution in [0.1, 0.15) is 52.4 Å². The van der Waals surface area contributed by atoms with Crippen LogP contribution in [0.2, 0.25) is 0 Å². The van der Waals surface area contributed by atoms with Gasteiger partial charge in [0.25, 0.3) is 0 Å². The summed E-state index contributed by atoms with van der Waals surface area (Å²) in [5.41, 5.74) is 0.743. The number of ether oxygens (including phenoxy) is 3. The molecule has 0 aromatic heterocycles. The molecule has 0 saturated carbocycles. The van der Waals surface area contributed by atoms with E-state index in [9.17, 15) is 9.59 Å². The molecule has 1 aromatic carbocycles. The first-order valence-corrected chi connectivity index (χ1v) is 10.5. The van der Waals surface area contributed by atoms with Gasteiger partial charge in [-0.3, -0.25) is 9.59 Å². The molecule has 1 heterocycles. The number of carbonyl (C=O) groups excluding carboxylic acids is 2. The van der Waals surface area contributed by atoms with E-state index in [1.54, 1.807) is 12.2 Å². The summed E-state index contributed by atoms with van der Waals surface area (Å²) in [6.45, 7) is 4.60. The molecule has 2 atom stereocenters. The Balaban J connectivity index is 2.26. The Hall–Kier alpha value is -2.12. The average Bonchev–Trinajstić information content (AvgIpc) is 2.75. The Morgan fingerprint density at radius 3 is 2.14 bits per heavy atom. The molecule has 1 aliphatic heterocycles. The van der Waals surface area contributed by atoms with E-state index in [1.165, 1.54) is 0 Å². The van der Waals surface area contributed by atoms with Gasteiger partial charge in [0.2, 0.25) is 0 Å². The maximum atomic E-state index is 12.9. The largest absolute Gasteiger partial charge is 0.465 e. The number of hydrogen-bond donors (Lipinski definition) is 0. The molecule has 1 saturated heterocycles. The second kappa shape index (κ2) is 12.4. The Kier molecular flexibility index (Phi) is 9.94. The van der Waals surface area contributed by atoms with Crippen molar-refractivity contribution < 1.29 is 28.6 Å². The molecule has 29 heavy (non-hydrogen) atoms. The van der Waals surface area contributed by atoms with E-state index in [0.717, 1.165) is 31.4 Å². The highest BCUT2D eigenvalue weighted by Gasteiger charge is 2.44. The molecule has 1 aromatic rings. The average molecular weight is 408 g/mol. The van der Waals surface area contributed by atoms with E-state index in [-0.39, 0.29) is 13.2 Å². The quantitative estimate of drug-likeness (QED) is 0.313. The van der Waals surface area contributed by atoms with E-state index in [2.05, 4.69) is 0 Å². The molecule has 1 aliphatic rings. The highest BCUT2D eigenvalue weighted by atomic mass is 16.8. The van der Waals surface area contributed by atoms with E-state index in [4.69, 9.17) is 19.0 Å². The highest BCUT2D eigenvalue weighted by Crippen LogP contribution is 2.32. The molecule has 0 amide bonds. The standard InChI is InChI=1S/C22H33NO6/c1-4-6-15-27-21(24)20(22(25)28-16-7-5-2)18-13-14-19(26-3)29-23(18)17-11-9-8-10-12-17/h8-12,18-20H,4-7,13-16H2,1-3H3/t18-,19-/m1/s1. The van der Waals surface area contributed by atoms with Crippen LogP contribution in [0.5, 0.6) is 0 Å². The van der Waals surface area contributed by atoms with Crippen LogP contribution >= 0.6 is 0 Å². The lowest BCUT2D eigenvalue weighted by atomic mass is 9.93. The van der Waals surface area contributed by atoms with Crippen molar-refractivity contribution in [2.24, 2.45) is 5.92 Å². The predicted octanol–water partition coefficient (Wildman–Crippen LogP) is 3.86. The Bertz CT molecular complexity index is 601. The lowest BCUT2D eigenvalue weighted by Crippen LogP contribution is -2.53. The fraction of sp³-hybridized carbons (Fsp3) is 0.636. The van der Waals surface area contributed by atoms with Crippen molar-refractivity contribution in [3.63, 3.8) is 0 Å². The third kappa shape index (κ3) is 6.72. The van der Waals surface area contributed by atoms with Crippen molar-refractivity contribution >= 4 is 17.6 Å². The molecular formula is C22H33NO6. The van der Waals surface area contributed by atoms with Crippen LogP contribution in [0, 0.1) is 5.92 Å². The topological polar surface area (TPSA) is 74.3 Å². The fourth-order valence-electron chi connectivity index (χ4n) is 3.20. The van der Waals surface area contributed by atoms with E-state index in [0.29, 0.717) is 12.8 Å². The second-order valence-electron chi connectivity index (χ2n) is 7.10. The van der Waals surface area contributed by atoms with Crippen molar-refractivity contribution in [1.29, 1.82) is 0 Å². The number of benzene rings is 1. The van der Waals surface area contributed by atoms with Crippen LogP contribution in [-0.4, -0.2) is 44.6 Å². The maximum Gasteiger partial charge on any atom is 0.322 e. The van der Waals surface area contributed by atoms with Crippen molar-refractivity contribution in [2.45, 2.75) is 64.7 Å². The van der Waals surface area contributed by atoms with Gasteiger partial charge in [0.05, 0.1) is 24.9 Å². The highest BCUT2D eigenvalue weighted by molar-refractivity contribution is 5.96. The zero-order valence-electron chi connectivity index (χ0n) is 17.7. The number of hydrogen-bond acceptors (Lipinski definition) is 7. The normalized spacial score (nSPS) is 19.2. The van der Waals surface area contributed by atoms with Gasteiger partial charge < -0.3 is 14.2 Å². The SMILES string of the molecule is CCCCOC(=O)C(C(=O)OCCCC)[C@H]1CC[C@H](OC)ON1c1ccccc1. The van der Waals surface area contributed by atoms with Crippen LogP contribution in [-0.2, 0) is 28.6 Å². The van der Waals surface area contributed by atoms with Crippen molar-refractivity contribution in [3.05, 3.63) is 30.3 Å². The molecule has 0 aliphatic carbocycles. The number of nitrogens with zero attached hydrogens (tertiary/aromatic N) is 1. The van der Waals surface area contributed by atoms with E-state index >= 15 is 0 Å². The summed E-state index contributed by atoms with van der Waals surface area (Å²) in [4.78, 5) is 31.7. The van der Waals surface area contributed by atoms with Crippen LogP contribution in [0.25, 0.3) is 0 Å². The molecule has 0 unspecified atom stereocenters. The minimum Gasteiger partial charge on any atom is -0.465 e. The van der Waals surface area contributed by atoms with Gasteiger partial charge in [0.15, 0.2) is 12.2 Å². The van der Waals surface area contributed by atoms with Crippen LogP contribution < -0.4 is 5.06 Å². The minimum absolute atomic E-state index is 0.285. The third-order valence-electron chi connectivity index (χ3n) is 4.88. The number of rotatable bonds is 11. The summed E-state index contributed by atoms with van der Waals surface area (Å²) in [6.07, 6.45) is 3.94. The molecule has 1 fully saturated rings. The van der Waals surface area contributed by atoms with Gasteiger partial charge in [-0.05, 0) is 31.4 Å². The van der Waals surface area contributed by atoms with Crippen LogP contribution in [0.15, 0.2) is 30.3 Å². The first-order valence-electron chi connectivity index (χ1n) is 10.5. The van der Waals surface area contributed by atoms with E-state index in [1.807, 2.05) is 44.2 Å². The van der Waals surface area contributed by atoms with Gasteiger partial charge in [0.1, 0.15) is 0 Å². The summed E-state index contributed by atoms with van der Waals surface area (Å²) >= 11 is 0. The fourth-order valence-corrected chi connectivity index (χ4v) is 3.20. The third-order valence-corrected chi connectivity index (χ3v) is 4.88. The second-order valence-corrected chi connectivity index (χ2v) is 7.10. The lowest BCUT2D eigenvalue weighted by Gasteiger charge is -2.41. The number of esters is 2. The van der Waals surface area contributed by atoms with Gasteiger partial charge in [-0.15, -0.1) is 0 Å². The van der Waals surface area contributed by atoms with Crippen molar-refractivity contribution in [2.75, 3.05) is 25.4 Å². The first-order chi connectivity index (χ1) is 14.1. The minimum atomic E-state index is -1.08. The molecule has 0 bridgehead atoms. The summed E-state index contributed by atoms with van der Waals surface area (Å²) in [5, 5.41) is 1.60. The zero-order chi connectivity index (χ0) is 21.1. The smallest absolute Gasteiger partial charge is 0.322 e. The van der Waals surface area contributed by atoms with Crippen molar-refractivity contribution in [3.8, 4) is 0 Å². The molecule has 162 valence electrons. The number of hydroxylamine groups is 1. The van der Waals surface area contributed by atoms with Gasteiger partial charge >= 0.3 is 11.9 Å². The number of unbranched alkanes of at least 4 members (excludes halogenated alkanes) is 2. The Morgan fingerprint density at radius 2 is 1.62 bits per heavy atom. The van der Waals surface area contributed by atoms with Gasteiger partial charge in [-0.2, -0.15) is 0 Å². The van der Waals surface area contributed by atoms with Crippen molar-refractivity contribution in [1.82, 2.24) is 0 Å². The van der Waals surface area contributed by atoms with Gasteiger partial charge in [0, 0.05) is 13.5 Å². The van der Waals surface area contributed by atoms with Crippen LogP contribution in [0.3, 0.4) is 0 Å². The Labute approximate surface area is 173 Å². The number of methoxy groups -OCH3 is 1. The molecule has 2 rings (SSSR count). The first kappa shape index (κ1) is 23.2. The molecule has 7 nitrogen and oxygen atoms in total. The predicted molar refractivity (Wildman–Crippen MR) is 109 cm³/mol. The monoisotopic (exact) mass is 407 g/mol. The lowest BCUT2D eigenvalue weighted by molar-refractivity contribution is -0.183. The molecule has 0 radical (unpaired) electrons. The number of para-hydroxylation sites is 1.